The summed E-state index contributed by atoms with van der Waals surface area (Å²) in [7, 11) is 0. The minimum atomic E-state index is -0.812. The number of aryl methyl sites for hydroxylation is 1. The van der Waals surface area contributed by atoms with Crippen molar-refractivity contribution in [2.75, 3.05) is 43.1 Å². The van der Waals surface area contributed by atoms with Crippen molar-refractivity contribution in [1.82, 2.24) is 15.0 Å². The molecule has 3 heterocycles. The monoisotopic (exact) mass is 509 g/mol. The number of halogens is 1. The normalized spacial score (nSPS) is 16.9. The van der Waals surface area contributed by atoms with E-state index in [0.717, 1.165) is 28.8 Å². The first-order valence-corrected chi connectivity index (χ1v) is 12.2. The number of hydrogen-bond acceptors (Lipinski definition) is 7. The predicted molar refractivity (Wildman–Crippen MR) is 141 cm³/mol. The lowest BCUT2D eigenvalue weighted by Crippen LogP contribution is -2.44. The van der Waals surface area contributed by atoms with E-state index in [1.165, 1.54) is 0 Å². The molecule has 1 saturated heterocycles. The van der Waals surface area contributed by atoms with Gasteiger partial charge in [0.05, 0.1) is 42.1 Å². The van der Waals surface area contributed by atoms with E-state index in [-0.39, 0.29) is 24.8 Å². The molecule has 2 atom stereocenters. The van der Waals surface area contributed by atoms with Crippen LogP contribution in [-0.2, 0) is 4.74 Å². The van der Waals surface area contributed by atoms with Crippen LogP contribution >= 0.6 is 11.6 Å². The lowest BCUT2D eigenvalue weighted by atomic mass is 10.1. The van der Waals surface area contributed by atoms with Gasteiger partial charge in [-0.3, -0.25) is 4.79 Å². The molecule has 10 heteroatoms. The summed E-state index contributed by atoms with van der Waals surface area (Å²) in [5.41, 5.74) is 4.84. The highest BCUT2D eigenvalue weighted by Gasteiger charge is 2.22. The SMILES string of the molecule is Cc1cc(N2CCO[C@H](CO)C2)cc2[nH]c(-c3c(NC[C@@H](O)c4cccc(Cl)c4)cc[nH]c3=O)nc12. The average Bonchev–Trinajstić information content (AvgIpc) is 3.31. The molecule has 0 spiro atoms. The fourth-order valence-electron chi connectivity index (χ4n) is 4.54. The third-order valence-corrected chi connectivity index (χ3v) is 6.62. The van der Waals surface area contributed by atoms with Gasteiger partial charge in [-0.25, -0.2) is 4.98 Å². The average molecular weight is 510 g/mol. The van der Waals surface area contributed by atoms with Gasteiger partial charge in [0.15, 0.2) is 0 Å². The molecule has 2 aromatic carbocycles. The largest absolute Gasteiger partial charge is 0.394 e. The van der Waals surface area contributed by atoms with Crippen LogP contribution in [0.5, 0.6) is 0 Å². The van der Waals surface area contributed by atoms with Crippen molar-refractivity contribution < 1.29 is 14.9 Å². The number of H-pyrrole nitrogens is 2. The maximum atomic E-state index is 12.9. The van der Waals surface area contributed by atoms with Gasteiger partial charge in [-0.05, 0) is 48.4 Å². The zero-order valence-corrected chi connectivity index (χ0v) is 20.5. The van der Waals surface area contributed by atoms with Crippen LogP contribution in [0.1, 0.15) is 17.2 Å². The Hall–Kier alpha value is -3.37. The third kappa shape index (κ3) is 4.96. The lowest BCUT2D eigenvalue weighted by Gasteiger charge is -2.33. The van der Waals surface area contributed by atoms with Crippen LogP contribution in [0.2, 0.25) is 5.02 Å². The Balaban J connectivity index is 1.44. The number of anilines is 2. The summed E-state index contributed by atoms with van der Waals surface area (Å²) >= 11 is 6.05. The molecule has 5 N–H and O–H groups in total. The van der Waals surface area contributed by atoms with Gasteiger partial charge in [-0.15, -0.1) is 0 Å². The Morgan fingerprint density at radius 2 is 2.17 bits per heavy atom. The topological polar surface area (TPSA) is 126 Å². The molecule has 0 radical (unpaired) electrons. The van der Waals surface area contributed by atoms with E-state index in [2.05, 4.69) is 26.3 Å². The van der Waals surface area contributed by atoms with Gasteiger partial charge in [0, 0.05) is 36.5 Å². The highest BCUT2D eigenvalue weighted by atomic mass is 35.5. The summed E-state index contributed by atoms with van der Waals surface area (Å²) in [5, 5.41) is 23.8. The van der Waals surface area contributed by atoms with E-state index in [9.17, 15) is 15.0 Å². The second-order valence-corrected chi connectivity index (χ2v) is 9.35. The molecular weight excluding hydrogens is 482 g/mol. The number of nitrogens with zero attached hydrogens (tertiary/aromatic N) is 2. The zero-order valence-electron chi connectivity index (χ0n) is 19.8. The van der Waals surface area contributed by atoms with Crippen molar-refractivity contribution in [1.29, 1.82) is 0 Å². The minimum absolute atomic E-state index is 0.0233. The van der Waals surface area contributed by atoms with Gasteiger partial charge in [0.2, 0.25) is 0 Å². The van der Waals surface area contributed by atoms with Gasteiger partial charge in [-0.1, -0.05) is 23.7 Å². The third-order valence-electron chi connectivity index (χ3n) is 6.39. The van der Waals surface area contributed by atoms with Gasteiger partial charge >= 0.3 is 0 Å². The van der Waals surface area contributed by atoms with Crippen LogP contribution in [0, 0.1) is 6.92 Å². The molecule has 0 bridgehead atoms. The minimum Gasteiger partial charge on any atom is -0.394 e. The second-order valence-electron chi connectivity index (χ2n) is 8.91. The second kappa shape index (κ2) is 10.3. The maximum absolute atomic E-state index is 12.9. The Bertz CT molecular complexity index is 1440. The maximum Gasteiger partial charge on any atom is 0.261 e. The molecule has 36 heavy (non-hydrogen) atoms. The summed E-state index contributed by atoms with van der Waals surface area (Å²) in [6.07, 6.45) is 0.528. The number of aromatic amines is 2. The molecule has 2 aromatic heterocycles. The lowest BCUT2D eigenvalue weighted by molar-refractivity contribution is 0.00357. The van der Waals surface area contributed by atoms with Gasteiger partial charge in [-0.2, -0.15) is 0 Å². The van der Waals surface area contributed by atoms with Crippen molar-refractivity contribution in [2.24, 2.45) is 0 Å². The number of aliphatic hydroxyl groups excluding tert-OH is 2. The summed E-state index contributed by atoms with van der Waals surface area (Å²) < 4.78 is 5.58. The number of hydrogen-bond donors (Lipinski definition) is 5. The standard InChI is InChI=1S/C26H28ClN5O4/c1-15-9-18(32-7-8-36-19(13-32)14-33)11-21-24(15)31-25(30-21)23-20(5-6-28-26(23)35)29-12-22(34)16-3-2-4-17(27)10-16/h2-6,9-11,19,22,33-34H,7-8,12-14H2,1H3,(H,30,31)(H2,28,29,35)/t19-,22+/m0/s1. The van der Waals surface area contributed by atoms with Crippen molar-refractivity contribution in [3.63, 3.8) is 0 Å². The first kappa shape index (κ1) is 24.3. The molecular formula is C26H28ClN5O4. The number of benzene rings is 2. The molecule has 0 saturated carbocycles. The predicted octanol–water partition coefficient (Wildman–Crippen LogP) is 3.22. The molecule has 0 amide bonds. The van der Waals surface area contributed by atoms with E-state index < -0.39 is 6.10 Å². The number of pyridine rings is 1. The fraction of sp³-hybridized carbons (Fsp3) is 0.308. The number of imidazole rings is 1. The van der Waals surface area contributed by atoms with Crippen LogP contribution in [-0.4, -0.2) is 64.1 Å². The first-order valence-electron chi connectivity index (χ1n) is 11.8. The van der Waals surface area contributed by atoms with Crippen molar-refractivity contribution in [2.45, 2.75) is 19.1 Å². The quantitative estimate of drug-likeness (QED) is 0.259. The highest BCUT2D eigenvalue weighted by Crippen LogP contribution is 2.30. The van der Waals surface area contributed by atoms with Gasteiger partial charge in [0.1, 0.15) is 11.4 Å². The Morgan fingerprint density at radius 1 is 1.31 bits per heavy atom. The van der Waals surface area contributed by atoms with Crippen LogP contribution in [0.25, 0.3) is 22.4 Å². The molecule has 1 aliphatic rings. The van der Waals surface area contributed by atoms with E-state index in [4.69, 9.17) is 21.3 Å². The molecule has 4 aromatic rings. The zero-order chi connectivity index (χ0) is 25.2. The van der Waals surface area contributed by atoms with Gasteiger partial charge < -0.3 is 35.1 Å². The smallest absolute Gasteiger partial charge is 0.261 e. The molecule has 1 fully saturated rings. The van der Waals surface area contributed by atoms with Crippen molar-refractivity contribution in [3.05, 3.63) is 75.2 Å². The number of rotatable bonds is 7. The summed E-state index contributed by atoms with van der Waals surface area (Å²) in [6.45, 7) is 4.02. The summed E-state index contributed by atoms with van der Waals surface area (Å²) in [6, 6.07) is 12.9. The van der Waals surface area contributed by atoms with E-state index in [1.807, 2.05) is 13.0 Å². The molecule has 188 valence electrons. The van der Waals surface area contributed by atoms with Crippen LogP contribution in [0.4, 0.5) is 11.4 Å². The molecule has 9 nitrogen and oxygen atoms in total. The number of aliphatic hydroxyl groups is 2. The highest BCUT2D eigenvalue weighted by molar-refractivity contribution is 6.30. The fourth-order valence-corrected chi connectivity index (χ4v) is 4.73. The molecule has 5 rings (SSSR count). The number of ether oxygens (including phenoxy) is 1. The van der Waals surface area contributed by atoms with Gasteiger partial charge in [0.25, 0.3) is 5.56 Å². The Kier molecular flexibility index (Phi) is 6.97. The van der Waals surface area contributed by atoms with Crippen LogP contribution in [0.15, 0.2) is 53.5 Å². The molecule has 0 aliphatic carbocycles. The molecule has 1 aliphatic heterocycles. The summed E-state index contributed by atoms with van der Waals surface area (Å²) in [5.74, 6) is 0.432. The summed E-state index contributed by atoms with van der Waals surface area (Å²) in [4.78, 5) is 25.8. The first-order chi connectivity index (χ1) is 17.4. The van der Waals surface area contributed by atoms with E-state index in [0.29, 0.717) is 40.8 Å². The number of fused-ring (bicyclic) bond motifs is 1. The molecule has 0 unspecified atom stereocenters. The Labute approximate surface area is 212 Å². The van der Waals surface area contributed by atoms with Crippen molar-refractivity contribution in [3.8, 4) is 11.4 Å². The van der Waals surface area contributed by atoms with Crippen molar-refractivity contribution >= 4 is 34.0 Å². The number of aromatic nitrogens is 3. The van der Waals surface area contributed by atoms with Crippen LogP contribution in [0.3, 0.4) is 0 Å². The number of morpholine rings is 1. The van der Waals surface area contributed by atoms with Crippen LogP contribution < -0.4 is 15.8 Å². The van der Waals surface area contributed by atoms with E-state index >= 15 is 0 Å². The van der Waals surface area contributed by atoms with E-state index in [1.54, 1.807) is 36.5 Å². The Morgan fingerprint density at radius 3 is 2.97 bits per heavy atom. The number of nitrogens with one attached hydrogen (secondary N) is 3.